The van der Waals surface area contributed by atoms with E-state index < -0.39 is 18.1 Å². The van der Waals surface area contributed by atoms with Crippen LogP contribution >= 0.6 is 11.8 Å². The molecule has 2 amide bonds. The third-order valence-electron chi connectivity index (χ3n) is 6.41. The van der Waals surface area contributed by atoms with E-state index in [1.165, 1.54) is 27.8 Å². The number of fused-ring (bicyclic) bond motifs is 3. The van der Waals surface area contributed by atoms with Gasteiger partial charge in [0.2, 0.25) is 5.91 Å². The molecule has 2 unspecified atom stereocenters. The number of carboxylic acid groups (broad SMARTS) is 1. The first-order valence-electron chi connectivity index (χ1n) is 11.2. The number of hydrogen-bond acceptors (Lipinski definition) is 5. The zero-order valence-corrected chi connectivity index (χ0v) is 19.3. The number of nitrogens with one attached hydrogen (secondary N) is 1. The molecule has 2 atom stereocenters. The smallest absolute Gasteiger partial charge is 0.407 e. The lowest BCUT2D eigenvalue weighted by Gasteiger charge is -2.23. The van der Waals surface area contributed by atoms with Crippen LogP contribution in [0.2, 0.25) is 0 Å². The molecule has 174 valence electrons. The van der Waals surface area contributed by atoms with Crippen molar-refractivity contribution in [3.63, 3.8) is 0 Å². The molecule has 2 aliphatic rings. The number of carbonyl (C=O) groups is 3. The summed E-state index contributed by atoms with van der Waals surface area (Å²) in [4.78, 5) is 37.8. The van der Waals surface area contributed by atoms with Crippen LogP contribution in [-0.2, 0) is 14.3 Å². The van der Waals surface area contributed by atoms with E-state index in [1.807, 2.05) is 31.2 Å². The molecule has 0 saturated carbocycles. The summed E-state index contributed by atoms with van der Waals surface area (Å²) in [5.41, 5.74) is 4.65. The number of aliphatic carboxylic acids is 1. The predicted molar refractivity (Wildman–Crippen MR) is 127 cm³/mol. The average Bonchev–Trinajstić information content (AvgIpc) is 3.44. The highest BCUT2D eigenvalue weighted by Crippen LogP contribution is 2.44. The molecule has 0 radical (unpaired) electrons. The molecule has 1 fully saturated rings. The Balaban J connectivity index is 1.29. The van der Waals surface area contributed by atoms with Crippen molar-refractivity contribution in [2.24, 2.45) is 5.92 Å². The maximum atomic E-state index is 12.6. The van der Waals surface area contributed by atoms with Gasteiger partial charge in [-0.05, 0) is 28.2 Å². The molecular weight excluding hydrogens is 440 g/mol. The minimum Gasteiger partial charge on any atom is -0.480 e. The lowest BCUT2D eigenvalue weighted by atomic mass is 9.98. The summed E-state index contributed by atoms with van der Waals surface area (Å²) < 4.78 is 5.56. The molecule has 7 nitrogen and oxygen atoms in total. The number of carbonyl (C=O) groups excluding carboxylic acids is 2. The molecular formula is C25H28N2O5S. The minimum atomic E-state index is -0.974. The van der Waals surface area contributed by atoms with Gasteiger partial charge < -0.3 is 20.1 Å². The Labute approximate surface area is 197 Å². The number of hydrogen-bond donors (Lipinski definition) is 2. The Morgan fingerprint density at radius 1 is 1.12 bits per heavy atom. The first kappa shape index (κ1) is 23.2. The molecule has 2 aromatic rings. The van der Waals surface area contributed by atoms with Crippen molar-refractivity contribution < 1.29 is 24.2 Å². The number of ether oxygens (including phenoxy) is 1. The van der Waals surface area contributed by atoms with Crippen molar-refractivity contribution in [2.75, 3.05) is 24.8 Å². The molecule has 1 aliphatic heterocycles. The summed E-state index contributed by atoms with van der Waals surface area (Å²) in [5, 5.41) is 12.1. The summed E-state index contributed by atoms with van der Waals surface area (Å²) in [5.74, 6) is -0.445. The number of benzene rings is 2. The van der Waals surface area contributed by atoms with Crippen LogP contribution in [0.3, 0.4) is 0 Å². The van der Waals surface area contributed by atoms with Crippen LogP contribution < -0.4 is 5.32 Å². The molecule has 1 heterocycles. The molecule has 4 rings (SSSR count). The summed E-state index contributed by atoms with van der Waals surface area (Å²) in [6, 6.07) is 15.6. The first-order chi connectivity index (χ1) is 16.0. The van der Waals surface area contributed by atoms with Gasteiger partial charge in [-0.1, -0.05) is 61.9 Å². The Morgan fingerprint density at radius 3 is 2.36 bits per heavy atom. The Bertz CT molecular complexity index is 997. The highest BCUT2D eigenvalue weighted by molar-refractivity contribution is 7.99. The minimum absolute atomic E-state index is 0.00711. The van der Waals surface area contributed by atoms with Gasteiger partial charge in [-0.25, -0.2) is 9.59 Å². The molecule has 1 saturated heterocycles. The van der Waals surface area contributed by atoms with E-state index in [0.29, 0.717) is 24.6 Å². The highest BCUT2D eigenvalue weighted by atomic mass is 32.2. The zero-order chi connectivity index (χ0) is 23.4. The van der Waals surface area contributed by atoms with Crippen LogP contribution in [0.1, 0.15) is 36.8 Å². The van der Waals surface area contributed by atoms with E-state index in [1.54, 1.807) is 0 Å². The Hall–Kier alpha value is -3.00. The largest absolute Gasteiger partial charge is 0.480 e. The number of amides is 2. The van der Waals surface area contributed by atoms with Crippen molar-refractivity contribution in [3.8, 4) is 11.1 Å². The normalized spacial score (nSPS) is 17.8. The van der Waals surface area contributed by atoms with Crippen LogP contribution in [0.5, 0.6) is 0 Å². The van der Waals surface area contributed by atoms with Crippen molar-refractivity contribution in [1.29, 1.82) is 0 Å². The van der Waals surface area contributed by atoms with Crippen LogP contribution in [0.4, 0.5) is 4.79 Å². The molecule has 0 spiro atoms. The van der Waals surface area contributed by atoms with Gasteiger partial charge in [0.1, 0.15) is 12.6 Å². The second kappa shape index (κ2) is 10.3. The quantitative estimate of drug-likeness (QED) is 0.610. The van der Waals surface area contributed by atoms with Gasteiger partial charge in [0.05, 0.1) is 5.88 Å². The van der Waals surface area contributed by atoms with Crippen molar-refractivity contribution in [2.45, 2.75) is 31.7 Å². The molecule has 2 N–H and O–H groups in total. The molecule has 8 heteroatoms. The fraction of sp³-hybridized carbons (Fsp3) is 0.400. The Kier molecular flexibility index (Phi) is 7.23. The van der Waals surface area contributed by atoms with Crippen LogP contribution in [0, 0.1) is 5.92 Å². The number of nitrogens with zero attached hydrogens (tertiary/aromatic N) is 1. The summed E-state index contributed by atoms with van der Waals surface area (Å²) >= 11 is 1.44. The monoisotopic (exact) mass is 468 g/mol. The molecule has 33 heavy (non-hydrogen) atoms. The zero-order valence-electron chi connectivity index (χ0n) is 18.5. The van der Waals surface area contributed by atoms with Gasteiger partial charge in [-0.15, -0.1) is 11.8 Å². The number of thioether (sulfide) groups is 1. The van der Waals surface area contributed by atoms with E-state index >= 15 is 0 Å². The van der Waals surface area contributed by atoms with Gasteiger partial charge in [-0.3, -0.25) is 4.79 Å². The van der Waals surface area contributed by atoms with E-state index in [9.17, 15) is 19.5 Å². The van der Waals surface area contributed by atoms with Crippen molar-refractivity contribution >= 4 is 29.7 Å². The van der Waals surface area contributed by atoms with E-state index in [0.717, 1.165) is 11.1 Å². The van der Waals surface area contributed by atoms with Crippen LogP contribution in [0.25, 0.3) is 11.1 Å². The predicted octanol–water partition coefficient (Wildman–Crippen LogP) is 3.93. The first-order valence-corrected chi connectivity index (χ1v) is 12.3. The summed E-state index contributed by atoms with van der Waals surface area (Å²) in [6.45, 7) is 2.49. The summed E-state index contributed by atoms with van der Waals surface area (Å²) in [7, 11) is 0. The topological polar surface area (TPSA) is 95.9 Å². The van der Waals surface area contributed by atoms with E-state index in [-0.39, 0.29) is 30.8 Å². The van der Waals surface area contributed by atoms with Crippen molar-refractivity contribution in [1.82, 2.24) is 10.2 Å². The second-order valence-electron chi connectivity index (χ2n) is 8.40. The Morgan fingerprint density at radius 2 is 1.76 bits per heavy atom. The van der Waals surface area contributed by atoms with Gasteiger partial charge in [0.15, 0.2) is 0 Å². The lowest BCUT2D eigenvalue weighted by Crippen LogP contribution is -2.43. The van der Waals surface area contributed by atoms with Gasteiger partial charge in [0.25, 0.3) is 0 Å². The molecule has 0 aromatic heterocycles. The SMILES string of the molecule is CCC(CNC(=O)OCC1c2ccccc2-c2ccccc21)CC(=O)N1CSCC1C(=O)O. The second-order valence-corrected chi connectivity index (χ2v) is 9.40. The average molecular weight is 469 g/mol. The third-order valence-corrected chi connectivity index (χ3v) is 7.42. The van der Waals surface area contributed by atoms with Gasteiger partial charge in [0, 0.05) is 24.6 Å². The molecule has 2 aromatic carbocycles. The fourth-order valence-corrected chi connectivity index (χ4v) is 5.67. The number of carboxylic acids is 1. The van der Waals surface area contributed by atoms with Gasteiger partial charge >= 0.3 is 12.1 Å². The third kappa shape index (κ3) is 5.00. The number of rotatable bonds is 8. The standard InChI is InChI=1S/C25H28N2O5S/c1-2-16(11-23(28)27-15-33-14-22(27)24(29)30)12-26-25(31)32-13-21-19-9-5-3-7-17(19)18-8-4-6-10-20(18)21/h3-10,16,21-22H,2,11-15H2,1H3,(H,26,31)(H,29,30). The molecule has 0 bridgehead atoms. The van der Waals surface area contributed by atoms with E-state index in [2.05, 4.69) is 29.6 Å². The summed E-state index contributed by atoms with van der Waals surface area (Å²) in [6.07, 6.45) is 0.376. The maximum Gasteiger partial charge on any atom is 0.407 e. The van der Waals surface area contributed by atoms with Gasteiger partial charge in [-0.2, -0.15) is 0 Å². The van der Waals surface area contributed by atoms with Crippen LogP contribution in [-0.4, -0.2) is 58.8 Å². The van der Waals surface area contributed by atoms with Crippen LogP contribution in [0.15, 0.2) is 48.5 Å². The maximum absolute atomic E-state index is 12.6. The molecule has 1 aliphatic carbocycles. The number of alkyl carbamates (subject to hydrolysis) is 1. The fourth-order valence-electron chi connectivity index (χ4n) is 4.50. The highest BCUT2D eigenvalue weighted by Gasteiger charge is 2.35. The lowest BCUT2D eigenvalue weighted by molar-refractivity contribution is -0.148. The van der Waals surface area contributed by atoms with Crippen molar-refractivity contribution in [3.05, 3.63) is 59.7 Å². The van der Waals surface area contributed by atoms with E-state index in [4.69, 9.17) is 4.74 Å².